The highest BCUT2D eigenvalue weighted by molar-refractivity contribution is 6.10. The van der Waals surface area contributed by atoms with E-state index in [-0.39, 0.29) is 52.1 Å². The highest BCUT2D eigenvalue weighted by atomic mass is 16.5. The average Bonchev–Trinajstić information content (AvgIpc) is 3.01. The Bertz CT molecular complexity index is 1290. The Kier molecular flexibility index (Phi) is 3.50. The first-order chi connectivity index (χ1) is 13.8. The Labute approximate surface area is 163 Å². The fraction of sp³-hybridized carbons (Fsp3) is 0.143. The maximum Gasteiger partial charge on any atom is 0.161 e. The molecule has 6 N–H and O–H groups in total. The third-order valence-corrected chi connectivity index (χ3v) is 5.23. The van der Waals surface area contributed by atoms with Gasteiger partial charge in [-0.25, -0.2) is 0 Å². The van der Waals surface area contributed by atoms with Crippen LogP contribution in [-0.4, -0.2) is 36.7 Å². The SMILES string of the molecule is Oc1ccc([C@H]2Oc3c(c(O)cc4oc5cc(O)c(O)cc5c34)C[C@@H]2O)cc1O. The number of aliphatic hydroxyl groups excluding tert-OH is 1. The summed E-state index contributed by atoms with van der Waals surface area (Å²) < 4.78 is 11.7. The van der Waals surface area contributed by atoms with Gasteiger partial charge < -0.3 is 39.8 Å². The molecule has 0 spiro atoms. The molecule has 2 heterocycles. The van der Waals surface area contributed by atoms with Gasteiger partial charge in [0, 0.05) is 29.5 Å². The van der Waals surface area contributed by atoms with Crippen LogP contribution < -0.4 is 4.74 Å². The third kappa shape index (κ3) is 2.50. The minimum Gasteiger partial charge on any atom is -0.507 e. The highest BCUT2D eigenvalue weighted by Gasteiger charge is 2.34. The Morgan fingerprint density at radius 3 is 2.21 bits per heavy atom. The van der Waals surface area contributed by atoms with Crippen LogP contribution in [0, 0.1) is 0 Å². The molecular weight excluding hydrogens is 380 g/mol. The van der Waals surface area contributed by atoms with Crippen LogP contribution in [0.4, 0.5) is 0 Å². The van der Waals surface area contributed by atoms with Gasteiger partial charge in [0.2, 0.25) is 0 Å². The molecule has 2 atom stereocenters. The van der Waals surface area contributed by atoms with Crippen molar-refractivity contribution in [2.75, 3.05) is 0 Å². The number of phenols is 5. The second-order valence-electron chi connectivity index (χ2n) is 7.07. The molecular formula is C21H16O8. The molecule has 148 valence electrons. The van der Waals surface area contributed by atoms with Crippen molar-refractivity contribution in [3.8, 4) is 34.5 Å². The van der Waals surface area contributed by atoms with Gasteiger partial charge >= 0.3 is 0 Å². The molecule has 0 bridgehead atoms. The molecule has 0 unspecified atom stereocenters. The number of fused-ring (bicyclic) bond motifs is 5. The molecule has 0 aliphatic carbocycles. The van der Waals surface area contributed by atoms with E-state index in [1.54, 1.807) is 0 Å². The van der Waals surface area contributed by atoms with E-state index in [1.165, 1.54) is 36.4 Å². The lowest BCUT2D eigenvalue weighted by Crippen LogP contribution is -2.30. The molecule has 1 aromatic heterocycles. The van der Waals surface area contributed by atoms with E-state index >= 15 is 0 Å². The summed E-state index contributed by atoms with van der Waals surface area (Å²) in [6.07, 6.45) is -1.83. The van der Waals surface area contributed by atoms with Crippen LogP contribution in [0.1, 0.15) is 17.2 Å². The zero-order valence-electron chi connectivity index (χ0n) is 14.8. The molecule has 29 heavy (non-hydrogen) atoms. The molecule has 5 rings (SSSR count). The topological polar surface area (TPSA) is 144 Å². The maximum absolute atomic E-state index is 10.6. The zero-order valence-corrected chi connectivity index (χ0v) is 14.8. The van der Waals surface area contributed by atoms with Crippen LogP contribution in [0.25, 0.3) is 21.9 Å². The first kappa shape index (κ1) is 17.3. The number of hydrogen-bond donors (Lipinski definition) is 6. The summed E-state index contributed by atoms with van der Waals surface area (Å²) in [5, 5.41) is 60.9. The number of benzene rings is 3. The molecule has 8 heteroatoms. The van der Waals surface area contributed by atoms with Crippen molar-refractivity contribution in [3.63, 3.8) is 0 Å². The number of phenolic OH excluding ortho intramolecular Hbond substituents is 5. The zero-order chi connectivity index (χ0) is 20.4. The number of aliphatic hydroxyl groups is 1. The summed E-state index contributed by atoms with van der Waals surface area (Å²) in [5.74, 6) is -1.17. The number of ether oxygens (including phenoxy) is 1. The van der Waals surface area contributed by atoms with Gasteiger partial charge in [0.15, 0.2) is 23.0 Å². The smallest absolute Gasteiger partial charge is 0.161 e. The minimum atomic E-state index is -1.02. The van der Waals surface area contributed by atoms with Gasteiger partial charge in [-0.2, -0.15) is 0 Å². The lowest BCUT2D eigenvalue weighted by Gasteiger charge is -2.31. The van der Waals surface area contributed by atoms with Gasteiger partial charge in [-0.15, -0.1) is 0 Å². The molecule has 0 amide bonds. The molecule has 0 saturated carbocycles. The summed E-state index contributed by atoms with van der Waals surface area (Å²) in [6.45, 7) is 0. The van der Waals surface area contributed by atoms with Gasteiger partial charge in [-0.3, -0.25) is 0 Å². The predicted molar refractivity (Wildman–Crippen MR) is 102 cm³/mol. The molecule has 0 saturated heterocycles. The van der Waals surface area contributed by atoms with Crippen molar-refractivity contribution in [2.45, 2.75) is 18.6 Å². The van der Waals surface area contributed by atoms with Crippen molar-refractivity contribution >= 4 is 21.9 Å². The van der Waals surface area contributed by atoms with Crippen molar-refractivity contribution in [2.24, 2.45) is 0 Å². The molecule has 0 radical (unpaired) electrons. The van der Waals surface area contributed by atoms with E-state index in [4.69, 9.17) is 9.15 Å². The molecule has 3 aromatic carbocycles. The van der Waals surface area contributed by atoms with E-state index < -0.39 is 12.2 Å². The monoisotopic (exact) mass is 396 g/mol. The lowest BCUT2D eigenvalue weighted by molar-refractivity contribution is 0.0211. The summed E-state index contributed by atoms with van der Waals surface area (Å²) in [4.78, 5) is 0. The third-order valence-electron chi connectivity index (χ3n) is 5.23. The minimum absolute atomic E-state index is 0.0696. The normalized spacial score (nSPS) is 18.7. The summed E-state index contributed by atoms with van der Waals surface area (Å²) in [5.41, 5.74) is 1.38. The fourth-order valence-corrected chi connectivity index (χ4v) is 3.81. The number of aromatic hydroxyl groups is 5. The van der Waals surface area contributed by atoms with Crippen LogP contribution in [0.3, 0.4) is 0 Å². The molecule has 1 aliphatic heterocycles. The van der Waals surface area contributed by atoms with E-state index in [0.717, 1.165) is 0 Å². The second kappa shape index (κ2) is 5.86. The quantitative estimate of drug-likeness (QED) is 0.269. The molecule has 4 aromatic rings. The van der Waals surface area contributed by atoms with Gasteiger partial charge in [-0.05, 0) is 23.8 Å². The Hall–Kier alpha value is -3.78. The lowest BCUT2D eigenvalue weighted by atomic mass is 9.92. The van der Waals surface area contributed by atoms with E-state index in [1.807, 2.05) is 0 Å². The van der Waals surface area contributed by atoms with Gasteiger partial charge in [0.25, 0.3) is 0 Å². The van der Waals surface area contributed by atoms with E-state index in [2.05, 4.69) is 0 Å². The van der Waals surface area contributed by atoms with Crippen molar-refractivity contribution in [1.82, 2.24) is 0 Å². The van der Waals surface area contributed by atoms with Crippen molar-refractivity contribution < 1.29 is 39.8 Å². The maximum atomic E-state index is 10.6. The average molecular weight is 396 g/mol. The van der Waals surface area contributed by atoms with Crippen LogP contribution in [-0.2, 0) is 6.42 Å². The molecule has 1 aliphatic rings. The number of hydrogen-bond acceptors (Lipinski definition) is 8. The van der Waals surface area contributed by atoms with Crippen LogP contribution in [0.5, 0.6) is 34.5 Å². The number of rotatable bonds is 1. The van der Waals surface area contributed by atoms with Crippen molar-refractivity contribution in [1.29, 1.82) is 0 Å². The Morgan fingerprint density at radius 2 is 1.45 bits per heavy atom. The standard InChI is InChI=1S/C21H16O8/c22-11-2-1-8(3-13(11)24)20-16(27)4-9-12(23)6-18-19(21(9)29-20)10-5-14(25)15(26)7-17(10)28-18/h1-3,5-7,16,20,22-27H,4H2/t16-,20+/m0/s1. The van der Waals surface area contributed by atoms with Crippen molar-refractivity contribution in [3.05, 3.63) is 47.5 Å². The second-order valence-corrected chi connectivity index (χ2v) is 7.07. The van der Waals surface area contributed by atoms with Crippen LogP contribution in [0.15, 0.2) is 40.8 Å². The highest BCUT2D eigenvalue weighted by Crippen LogP contribution is 2.49. The predicted octanol–water partition coefficient (Wildman–Crippen LogP) is 3.15. The van der Waals surface area contributed by atoms with Crippen LogP contribution >= 0.6 is 0 Å². The summed E-state index contributed by atoms with van der Waals surface area (Å²) in [7, 11) is 0. The van der Waals surface area contributed by atoms with Crippen LogP contribution in [0.2, 0.25) is 0 Å². The first-order valence-electron chi connectivity index (χ1n) is 8.83. The summed E-state index contributed by atoms with van der Waals surface area (Å²) >= 11 is 0. The largest absolute Gasteiger partial charge is 0.507 e. The Morgan fingerprint density at radius 1 is 0.759 bits per heavy atom. The Balaban J connectivity index is 1.74. The van der Waals surface area contributed by atoms with Gasteiger partial charge in [0.05, 0.1) is 11.5 Å². The van der Waals surface area contributed by atoms with E-state index in [0.29, 0.717) is 21.9 Å². The molecule has 0 fully saturated rings. The van der Waals surface area contributed by atoms with Gasteiger partial charge in [0.1, 0.15) is 28.8 Å². The summed E-state index contributed by atoms with van der Waals surface area (Å²) in [6, 6.07) is 8.11. The molecule has 8 nitrogen and oxygen atoms in total. The number of furan rings is 1. The van der Waals surface area contributed by atoms with Gasteiger partial charge in [-0.1, -0.05) is 6.07 Å². The fourth-order valence-electron chi connectivity index (χ4n) is 3.81. The first-order valence-corrected chi connectivity index (χ1v) is 8.83. The van der Waals surface area contributed by atoms with E-state index in [9.17, 15) is 30.6 Å².